The van der Waals surface area contributed by atoms with Crippen LogP contribution in [-0.2, 0) is 13.1 Å². The Bertz CT molecular complexity index is 297. The Hall–Kier alpha value is -1.01. The number of rotatable bonds is 8. The van der Waals surface area contributed by atoms with Gasteiger partial charge >= 0.3 is 0 Å². The number of aliphatic hydroxyl groups excluding tert-OH is 2. The second-order valence-corrected chi connectivity index (χ2v) is 4.58. The number of aromatic nitrogens is 1. The number of hydrogen-bond acceptors (Lipinski definition) is 5. The minimum absolute atomic E-state index is 0.167. The maximum Gasteiger partial charge on any atom is 0.0558 e. The number of hydrogen-bond donors (Lipinski definition) is 2. The summed E-state index contributed by atoms with van der Waals surface area (Å²) in [5.41, 5.74) is 2.14. The quantitative estimate of drug-likeness (QED) is 0.679. The molecular formula is C13H23N3O2. The SMILES string of the molecule is CN(CCO)Cc1ccc(CN(C)CCO)nc1. The second-order valence-electron chi connectivity index (χ2n) is 4.58. The van der Waals surface area contributed by atoms with Crippen LogP contribution in [0.1, 0.15) is 11.3 Å². The molecule has 0 saturated heterocycles. The van der Waals surface area contributed by atoms with E-state index in [0.717, 1.165) is 24.3 Å². The molecule has 0 spiro atoms. The van der Waals surface area contributed by atoms with Gasteiger partial charge in [0.05, 0.1) is 18.9 Å². The first-order valence-electron chi connectivity index (χ1n) is 6.18. The molecule has 0 bridgehead atoms. The molecular weight excluding hydrogens is 230 g/mol. The van der Waals surface area contributed by atoms with Crippen molar-refractivity contribution in [2.24, 2.45) is 0 Å². The molecule has 1 aromatic rings. The summed E-state index contributed by atoms with van der Waals surface area (Å²) in [4.78, 5) is 8.48. The van der Waals surface area contributed by atoms with Gasteiger partial charge < -0.3 is 10.2 Å². The Morgan fingerprint density at radius 2 is 1.61 bits per heavy atom. The van der Waals surface area contributed by atoms with Crippen molar-refractivity contribution in [1.29, 1.82) is 0 Å². The van der Waals surface area contributed by atoms with E-state index in [1.54, 1.807) is 0 Å². The van der Waals surface area contributed by atoms with Crippen LogP contribution in [0, 0.1) is 0 Å². The summed E-state index contributed by atoms with van der Waals surface area (Å²) < 4.78 is 0. The molecule has 0 aliphatic rings. The monoisotopic (exact) mass is 253 g/mol. The molecule has 1 rings (SSSR count). The molecule has 0 aliphatic heterocycles. The van der Waals surface area contributed by atoms with Gasteiger partial charge in [0.2, 0.25) is 0 Å². The summed E-state index contributed by atoms with van der Waals surface area (Å²) >= 11 is 0. The zero-order chi connectivity index (χ0) is 13.4. The zero-order valence-corrected chi connectivity index (χ0v) is 11.2. The van der Waals surface area contributed by atoms with Gasteiger partial charge in [-0.1, -0.05) is 6.07 Å². The number of pyridine rings is 1. The Kier molecular flexibility index (Phi) is 6.82. The van der Waals surface area contributed by atoms with E-state index in [1.807, 2.05) is 31.3 Å². The van der Waals surface area contributed by atoms with Crippen molar-refractivity contribution in [2.45, 2.75) is 13.1 Å². The average molecular weight is 253 g/mol. The molecule has 102 valence electrons. The van der Waals surface area contributed by atoms with E-state index in [4.69, 9.17) is 10.2 Å². The van der Waals surface area contributed by atoms with Gasteiger partial charge in [-0.15, -0.1) is 0 Å². The topological polar surface area (TPSA) is 59.8 Å². The predicted octanol–water partition coefficient (Wildman–Crippen LogP) is -0.0702. The van der Waals surface area contributed by atoms with E-state index < -0.39 is 0 Å². The highest BCUT2D eigenvalue weighted by Gasteiger charge is 2.03. The molecule has 0 unspecified atom stereocenters. The van der Waals surface area contributed by atoms with E-state index >= 15 is 0 Å². The van der Waals surface area contributed by atoms with Crippen molar-refractivity contribution in [3.8, 4) is 0 Å². The van der Waals surface area contributed by atoms with E-state index in [2.05, 4.69) is 16.0 Å². The van der Waals surface area contributed by atoms with E-state index in [1.165, 1.54) is 0 Å². The minimum atomic E-state index is 0.167. The maximum atomic E-state index is 8.83. The van der Waals surface area contributed by atoms with Crippen LogP contribution in [-0.4, -0.2) is 65.4 Å². The molecule has 0 radical (unpaired) electrons. The van der Waals surface area contributed by atoms with Gasteiger partial charge in [-0.2, -0.15) is 0 Å². The van der Waals surface area contributed by atoms with Crippen LogP contribution in [0.25, 0.3) is 0 Å². The first kappa shape index (κ1) is 15.0. The summed E-state index contributed by atoms with van der Waals surface area (Å²) in [5, 5.41) is 17.6. The van der Waals surface area contributed by atoms with Gasteiger partial charge in [0.25, 0.3) is 0 Å². The van der Waals surface area contributed by atoms with Gasteiger partial charge in [-0.05, 0) is 25.7 Å². The standard InChI is InChI=1S/C13H23N3O2/c1-15(5-7-17)10-12-3-4-13(14-9-12)11-16(2)6-8-18/h3-4,9,17-18H,5-8,10-11H2,1-2H3. The van der Waals surface area contributed by atoms with Crippen LogP contribution >= 0.6 is 0 Å². The molecule has 0 aliphatic carbocycles. The molecule has 0 aromatic carbocycles. The highest BCUT2D eigenvalue weighted by molar-refractivity contribution is 5.14. The normalized spacial score (nSPS) is 11.4. The first-order valence-corrected chi connectivity index (χ1v) is 6.18. The Morgan fingerprint density at radius 3 is 2.11 bits per heavy atom. The van der Waals surface area contributed by atoms with Crippen LogP contribution in [0.15, 0.2) is 18.3 Å². The van der Waals surface area contributed by atoms with Crippen LogP contribution in [0.4, 0.5) is 0 Å². The van der Waals surface area contributed by atoms with Crippen molar-refractivity contribution in [3.63, 3.8) is 0 Å². The third kappa shape index (κ3) is 5.55. The van der Waals surface area contributed by atoms with Gasteiger partial charge in [-0.25, -0.2) is 0 Å². The Labute approximate surface area is 109 Å². The van der Waals surface area contributed by atoms with Crippen LogP contribution in [0.2, 0.25) is 0 Å². The molecule has 0 atom stereocenters. The van der Waals surface area contributed by atoms with Gasteiger partial charge in [0.15, 0.2) is 0 Å². The van der Waals surface area contributed by atoms with E-state index in [-0.39, 0.29) is 13.2 Å². The lowest BCUT2D eigenvalue weighted by molar-refractivity contribution is 0.215. The molecule has 1 aromatic heterocycles. The lowest BCUT2D eigenvalue weighted by Gasteiger charge is -2.16. The molecule has 0 saturated carbocycles. The molecule has 0 fully saturated rings. The van der Waals surface area contributed by atoms with Crippen molar-refractivity contribution in [1.82, 2.24) is 14.8 Å². The summed E-state index contributed by atoms with van der Waals surface area (Å²) in [6.45, 7) is 3.20. The largest absolute Gasteiger partial charge is 0.395 e. The molecule has 0 amide bonds. The zero-order valence-electron chi connectivity index (χ0n) is 11.2. The van der Waals surface area contributed by atoms with Crippen molar-refractivity contribution in [3.05, 3.63) is 29.6 Å². The van der Waals surface area contributed by atoms with Crippen LogP contribution < -0.4 is 0 Å². The third-order valence-corrected chi connectivity index (χ3v) is 2.73. The molecule has 18 heavy (non-hydrogen) atoms. The number of aliphatic hydroxyl groups is 2. The summed E-state index contributed by atoms with van der Waals surface area (Å²) in [6.07, 6.45) is 1.87. The first-order chi connectivity index (χ1) is 8.65. The van der Waals surface area contributed by atoms with Crippen molar-refractivity contribution < 1.29 is 10.2 Å². The van der Waals surface area contributed by atoms with E-state index in [0.29, 0.717) is 13.1 Å². The van der Waals surface area contributed by atoms with Crippen molar-refractivity contribution in [2.75, 3.05) is 40.4 Å². The Balaban J connectivity index is 2.46. The fourth-order valence-electron chi connectivity index (χ4n) is 1.73. The second kappa shape index (κ2) is 8.16. The lowest BCUT2D eigenvalue weighted by atomic mass is 10.2. The third-order valence-electron chi connectivity index (χ3n) is 2.73. The molecule has 2 N–H and O–H groups in total. The predicted molar refractivity (Wildman–Crippen MR) is 71.1 cm³/mol. The van der Waals surface area contributed by atoms with Gasteiger partial charge in [0, 0.05) is 32.4 Å². The number of likely N-dealkylation sites (N-methyl/N-ethyl adjacent to an activating group) is 2. The Morgan fingerprint density at radius 1 is 1.00 bits per heavy atom. The van der Waals surface area contributed by atoms with E-state index in [9.17, 15) is 0 Å². The highest BCUT2D eigenvalue weighted by atomic mass is 16.3. The van der Waals surface area contributed by atoms with Crippen LogP contribution in [0.5, 0.6) is 0 Å². The lowest BCUT2D eigenvalue weighted by Crippen LogP contribution is -2.23. The highest BCUT2D eigenvalue weighted by Crippen LogP contribution is 2.05. The fraction of sp³-hybridized carbons (Fsp3) is 0.615. The maximum absolute atomic E-state index is 8.83. The smallest absolute Gasteiger partial charge is 0.0558 e. The number of nitrogens with zero attached hydrogens (tertiary/aromatic N) is 3. The summed E-state index contributed by atoms with van der Waals surface area (Å²) in [7, 11) is 3.93. The summed E-state index contributed by atoms with van der Waals surface area (Å²) in [6, 6.07) is 4.07. The molecule has 5 nitrogen and oxygen atoms in total. The minimum Gasteiger partial charge on any atom is -0.395 e. The molecule has 5 heteroatoms. The average Bonchev–Trinajstić information content (AvgIpc) is 2.32. The van der Waals surface area contributed by atoms with Gasteiger partial charge in [-0.3, -0.25) is 14.8 Å². The molecule has 1 heterocycles. The van der Waals surface area contributed by atoms with Crippen LogP contribution in [0.3, 0.4) is 0 Å². The summed E-state index contributed by atoms with van der Waals surface area (Å²) in [5.74, 6) is 0. The van der Waals surface area contributed by atoms with Crippen molar-refractivity contribution >= 4 is 0 Å². The fourth-order valence-corrected chi connectivity index (χ4v) is 1.73. The van der Waals surface area contributed by atoms with Gasteiger partial charge in [0.1, 0.15) is 0 Å².